The van der Waals surface area contributed by atoms with E-state index < -0.39 is 0 Å². The van der Waals surface area contributed by atoms with Gasteiger partial charge in [-0.25, -0.2) is 0 Å². The predicted molar refractivity (Wildman–Crippen MR) is 66.2 cm³/mol. The molecule has 3 heteroatoms. The number of hydrogen-bond acceptors (Lipinski definition) is 3. The van der Waals surface area contributed by atoms with Crippen molar-refractivity contribution in [2.24, 2.45) is 0 Å². The third-order valence-corrected chi connectivity index (χ3v) is 2.33. The summed E-state index contributed by atoms with van der Waals surface area (Å²) in [5, 5.41) is 9.89. The van der Waals surface area contributed by atoms with Gasteiger partial charge in [-0.3, -0.25) is 0 Å². The Morgan fingerprint density at radius 2 is 1.80 bits per heavy atom. The van der Waals surface area contributed by atoms with Gasteiger partial charge in [-0.15, -0.1) is 0 Å². The van der Waals surface area contributed by atoms with Crippen LogP contribution in [0.4, 0.5) is 5.69 Å². The van der Waals surface area contributed by atoms with Gasteiger partial charge in [-0.05, 0) is 18.2 Å². The minimum atomic E-state index is 0.919. The largest absolute Gasteiger partial charge is 0.388 e. The lowest BCUT2D eigenvalue weighted by molar-refractivity contribution is 0.625. The summed E-state index contributed by atoms with van der Waals surface area (Å²) in [6.45, 7) is 6.11. The van der Waals surface area contributed by atoms with E-state index in [9.17, 15) is 0 Å². The SMILES string of the molecule is CCNCCNCc1ccccc1NC. The maximum atomic E-state index is 3.41. The fourth-order valence-electron chi connectivity index (χ4n) is 1.49. The van der Waals surface area contributed by atoms with Gasteiger partial charge in [-0.2, -0.15) is 0 Å². The zero-order valence-electron chi connectivity index (χ0n) is 9.64. The Labute approximate surface area is 92.3 Å². The average molecular weight is 207 g/mol. The predicted octanol–water partition coefficient (Wildman–Crippen LogP) is 1.43. The molecule has 0 aliphatic heterocycles. The molecule has 0 amide bonds. The summed E-state index contributed by atoms with van der Waals surface area (Å²) in [5.41, 5.74) is 2.52. The third kappa shape index (κ3) is 4.32. The monoisotopic (exact) mass is 207 g/mol. The molecule has 0 saturated carbocycles. The Hall–Kier alpha value is -1.06. The summed E-state index contributed by atoms with van der Waals surface area (Å²) in [5.74, 6) is 0. The normalized spacial score (nSPS) is 10.3. The van der Waals surface area contributed by atoms with Crippen LogP contribution in [-0.2, 0) is 6.54 Å². The second kappa shape index (κ2) is 7.26. The lowest BCUT2D eigenvalue weighted by Gasteiger charge is -2.10. The van der Waals surface area contributed by atoms with Gasteiger partial charge in [0.05, 0.1) is 0 Å². The van der Waals surface area contributed by atoms with E-state index in [4.69, 9.17) is 0 Å². The van der Waals surface area contributed by atoms with Crippen LogP contribution in [0.5, 0.6) is 0 Å². The highest BCUT2D eigenvalue weighted by atomic mass is 14.9. The lowest BCUT2D eigenvalue weighted by Crippen LogP contribution is -2.26. The Morgan fingerprint density at radius 3 is 2.53 bits per heavy atom. The molecule has 0 atom stereocenters. The zero-order chi connectivity index (χ0) is 10.9. The van der Waals surface area contributed by atoms with Crippen molar-refractivity contribution in [2.75, 3.05) is 32.0 Å². The van der Waals surface area contributed by atoms with Crippen LogP contribution in [0.2, 0.25) is 0 Å². The minimum Gasteiger partial charge on any atom is -0.388 e. The van der Waals surface area contributed by atoms with E-state index in [1.807, 2.05) is 13.1 Å². The molecular weight excluding hydrogens is 186 g/mol. The molecule has 1 aromatic carbocycles. The third-order valence-electron chi connectivity index (χ3n) is 2.33. The quantitative estimate of drug-likeness (QED) is 0.592. The molecule has 3 nitrogen and oxygen atoms in total. The van der Waals surface area contributed by atoms with Gasteiger partial charge in [-0.1, -0.05) is 25.1 Å². The summed E-state index contributed by atoms with van der Waals surface area (Å²) in [6.07, 6.45) is 0. The Kier molecular flexibility index (Phi) is 5.81. The summed E-state index contributed by atoms with van der Waals surface area (Å²) in [7, 11) is 1.96. The van der Waals surface area contributed by atoms with Crippen LogP contribution in [0.3, 0.4) is 0 Å². The fourth-order valence-corrected chi connectivity index (χ4v) is 1.49. The molecule has 0 unspecified atom stereocenters. The molecule has 0 radical (unpaired) electrons. The van der Waals surface area contributed by atoms with Gasteiger partial charge < -0.3 is 16.0 Å². The maximum absolute atomic E-state index is 3.41. The molecular formula is C12H21N3. The van der Waals surface area contributed by atoms with Crippen molar-refractivity contribution in [1.82, 2.24) is 10.6 Å². The Bertz CT molecular complexity index is 273. The van der Waals surface area contributed by atoms with E-state index in [2.05, 4.69) is 41.1 Å². The van der Waals surface area contributed by atoms with Crippen molar-refractivity contribution in [3.05, 3.63) is 29.8 Å². The highest BCUT2D eigenvalue weighted by molar-refractivity contribution is 5.50. The van der Waals surface area contributed by atoms with Crippen LogP contribution in [0.1, 0.15) is 12.5 Å². The molecule has 0 heterocycles. The standard InChI is InChI=1S/C12H21N3/c1-3-14-8-9-15-10-11-6-4-5-7-12(11)13-2/h4-7,13-15H,3,8-10H2,1-2H3. The lowest BCUT2D eigenvalue weighted by atomic mass is 10.2. The van der Waals surface area contributed by atoms with E-state index in [0.29, 0.717) is 0 Å². The average Bonchev–Trinajstić information content (AvgIpc) is 2.29. The van der Waals surface area contributed by atoms with Gasteiger partial charge in [0.2, 0.25) is 0 Å². The van der Waals surface area contributed by atoms with Gasteiger partial charge in [0.25, 0.3) is 0 Å². The van der Waals surface area contributed by atoms with E-state index in [1.165, 1.54) is 11.3 Å². The first-order chi connectivity index (χ1) is 7.38. The van der Waals surface area contributed by atoms with Gasteiger partial charge in [0, 0.05) is 32.4 Å². The molecule has 1 aromatic rings. The van der Waals surface area contributed by atoms with Crippen LogP contribution in [0, 0.1) is 0 Å². The fraction of sp³-hybridized carbons (Fsp3) is 0.500. The summed E-state index contributed by atoms with van der Waals surface area (Å²) in [4.78, 5) is 0. The number of benzene rings is 1. The molecule has 15 heavy (non-hydrogen) atoms. The summed E-state index contributed by atoms with van der Waals surface area (Å²) in [6, 6.07) is 8.36. The van der Waals surface area contributed by atoms with Crippen LogP contribution < -0.4 is 16.0 Å². The van der Waals surface area contributed by atoms with Crippen LogP contribution in [-0.4, -0.2) is 26.7 Å². The number of likely N-dealkylation sites (N-methyl/N-ethyl adjacent to an activating group) is 1. The van der Waals surface area contributed by atoms with Crippen molar-refractivity contribution in [1.29, 1.82) is 0 Å². The van der Waals surface area contributed by atoms with E-state index in [0.717, 1.165) is 26.2 Å². The molecule has 0 bridgehead atoms. The molecule has 0 aliphatic carbocycles. The summed E-state index contributed by atoms with van der Waals surface area (Å²) >= 11 is 0. The van der Waals surface area contributed by atoms with Gasteiger partial charge >= 0.3 is 0 Å². The first-order valence-corrected chi connectivity index (χ1v) is 5.55. The van der Waals surface area contributed by atoms with Gasteiger partial charge in [0.15, 0.2) is 0 Å². The maximum Gasteiger partial charge on any atom is 0.0383 e. The molecule has 0 saturated heterocycles. The smallest absolute Gasteiger partial charge is 0.0383 e. The molecule has 0 aromatic heterocycles. The Balaban J connectivity index is 2.30. The van der Waals surface area contributed by atoms with Crippen LogP contribution >= 0.6 is 0 Å². The number of rotatable bonds is 7. The minimum absolute atomic E-state index is 0.919. The molecule has 0 spiro atoms. The number of anilines is 1. The van der Waals surface area contributed by atoms with E-state index >= 15 is 0 Å². The molecule has 0 aliphatic rings. The zero-order valence-corrected chi connectivity index (χ0v) is 9.64. The first kappa shape index (κ1) is 12.0. The Morgan fingerprint density at radius 1 is 1.07 bits per heavy atom. The number of nitrogens with one attached hydrogen (secondary N) is 3. The second-order valence-corrected chi connectivity index (χ2v) is 3.44. The molecule has 1 rings (SSSR count). The van der Waals surface area contributed by atoms with E-state index in [1.54, 1.807) is 0 Å². The second-order valence-electron chi connectivity index (χ2n) is 3.44. The van der Waals surface area contributed by atoms with Crippen molar-refractivity contribution >= 4 is 5.69 Å². The van der Waals surface area contributed by atoms with Crippen molar-refractivity contribution in [2.45, 2.75) is 13.5 Å². The topological polar surface area (TPSA) is 36.1 Å². The van der Waals surface area contributed by atoms with Crippen LogP contribution in [0.15, 0.2) is 24.3 Å². The molecule has 3 N–H and O–H groups in total. The van der Waals surface area contributed by atoms with Crippen LogP contribution in [0.25, 0.3) is 0 Å². The van der Waals surface area contributed by atoms with Crippen molar-refractivity contribution in [3.63, 3.8) is 0 Å². The summed E-state index contributed by atoms with van der Waals surface area (Å²) < 4.78 is 0. The van der Waals surface area contributed by atoms with Gasteiger partial charge in [0.1, 0.15) is 0 Å². The van der Waals surface area contributed by atoms with E-state index in [-0.39, 0.29) is 0 Å². The number of para-hydroxylation sites is 1. The first-order valence-electron chi connectivity index (χ1n) is 5.55. The van der Waals surface area contributed by atoms with Crippen molar-refractivity contribution in [3.8, 4) is 0 Å². The molecule has 0 fully saturated rings. The highest BCUT2D eigenvalue weighted by Gasteiger charge is 1.97. The molecule has 84 valence electrons. The highest BCUT2D eigenvalue weighted by Crippen LogP contribution is 2.13. The van der Waals surface area contributed by atoms with Crippen molar-refractivity contribution < 1.29 is 0 Å². The number of hydrogen-bond donors (Lipinski definition) is 3.